The van der Waals surface area contributed by atoms with Crippen LogP contribution in [0.4, 0.5) is 5.95 Å². The highest BCUT2D eigenvalue weighted by Crippen LogP contribution is 2.11. The van der Waals surface area contributed by atoms with E-state index in [-0.39, 0.29) is 6.04 Å². The van der Waals surface area contributed by atoms with Crippen molar-refractivity contribution < 1.29 is 0 Å². The van der Waals surface area contributed by atoms with Crippen LogP contribution >= 0.6 is 11.6 Å². The minimum atomic E-state index is 0.196. The Labute approximate surface area is 113 Å². The number of aromatic nitrogens is 2. The fourth-order valence-electron chi connectivity index (χ4n) is 1.93. The second-order valence-electron chi connectivity index (χ2n) is 4.22. The van der Waals surface area contributed by atoms with E-state index in [1.165, 1.54) is 5.56 Å². The molecule has 0 fully saturated rings. The Morgan fingerprint density at radius 2 is 2.11 bits per heavy atom. The molecule has 1 atom stereocenters. The van der Waals surface area contributed by atoms with E-state index in [2.05, 4.69) is 33.9 Å². The average molecular weight is 264 g/mol. The molecule has 0 saturated carbocycles. The topological polar surface area (TPSA) is 29.9 Å². The van der Waals surface area contributed by atoms with Gasteiger partial charge in [-0.25, -0.2) is 4.98 Å². The normalized spacial score (nSPS) is 12.3. The van der Waals surface area contributed by atoms with Crippen LogP contribution < -0.4 is 5.32 Å². The molecular weight excluding hydrogens is 246 g/mol. The zero-order valence-corrected chi connectivity index (χ0v) is 11.3. The molecule has 0 saturated heterocycles. The summed E-state index contributed by atoms with van der Waals surface area (Å²) in [7, 11) is 0. The number of imidazole rings is 1. The predicted octanol–water partition coefficient (Wildman–Crippen LogP) is 3.17. The maximum Gasteiger partial charge on any atom is 0.203 e. The third-order valence-electron chi connectivity index (χ3n) is 2.90. The van der Waals surface area contributed by atoms with Gasteiger partial charge in [0.1, 0.15) is 0 Å². The van der Waals surface area contributed by atoms with E-state index in [9.17, 15) is 0 Å². The van der Waals surface area contributed by atoms with Crippen molar-refractivity contribution in [2.75, 3.05) is 11.2 Å². The van der Waals surface area contributed by atoms with Gasteiger partial charge in [-0.2, -0.15) is 0 Å². The van der Waals surface area contributed by atoms with Gasteiger partial charge in [-0.1, -0.05) is 30.3 Å². The molecule has 4 heteroatoms. The summed E-state index contributed by atoms with van der Waals surface area (Å²) >= 11 is 6.03. The lowest BCUT2D eigenvalue weighted by molar-refractivity contribution is 0.725. The molecule has 0 amide bonds. The first kappa shape index (κ1) is 13.0. The van der Waals surface area contributed by atoms with Crippen molar-refractivity contribution in [3.8, 4) is 0 Å². The van der Waals surface area contributed by atoms with Gasteiger partial charge in [-0.05, 0) is 18.9 Å². The van der Waals surface area contributed by atoms with E-state index >= 15 is 0 Å². The summed E-state index contributed by atoms with van der Waals surface area (Å²) in [5.41, 5.74) is 1.28. The first-order chi connectivity index (χ1) is 8.83. The number of nitrogens with zero attached hydrogens (tertiary/aromatic N) is 2. The molecule has 0 aliphatic rings. The Morgan fingerprint density at radius 1 is 1.33 bits per heavy atom. The number of aryl methyl sites for hydroxylation is 1. The summed E-state index contributed by atoms with van der Waals surface area (Å²) in [5, 5.41) is 3.40. The summed E-state index contributed by atoms with van der Waals surface area (Å²) in [6.07, 6.45) is 4.68. The standard InChI is InChI=1S/C14H18ClN3/c1-2-18-9-8-16-14(18)17-13(11-15)10-12-6-4-3-5-7-12/h3-9,13H,2,10-11H2,1H3,(H,16,17). The molecule has 1 N–H and O–H groups in total. The van der Waals surface area contributed by atoms with Gasteiger partial charge in [-0.15, -0.1) is 11.6 Å². The lowest BCUT2D eigenvalue weighted by Gasteiger charge is -2.17. The highest BCUT2D eigenvalue weighted by atomic mass is 35.5. The fourth-order valence-corrected chi connectivity index (χ4v) is 2.12. The van der Waals surface area contributed by atoms with Gasteiger partial charge >= 0.3 is 0 Å². The van der Waals surface area contributed by atoms with Crippen LogP contribution in [0.1, 0.15) is 12.5 Å². The summed E-state index contributed by atoms with van der Waals surface area (Å²) in [6, 6.07) is 10.6. The van der Waals surface area contributed by atoms with Crippen LogP contribution in [-0.4, -0.2) is 21.5 Å². The second-order valence-corrected chi connectivity index (χ2v) is 4.53. The third kappa shape index (κ3) is 3.26. The van der Waals surface area contributed by atoms with Crippen molar-refractivity contribution in [1.82, 2.24) is 9.55 Å². The van der Waals surface area contributed by atoms with Gasteiger partial charge in [0.25, 0.3) is 0 Å². The van der Waals surface area contributed by atoms with Crippen LogP contribution in [0.25, 0.3) is 0 Å². The summed E-state index contributed by atoms with van der Waals surface area (Å²) in [6.45, 7) is 3.00. The first-order valence-electron chi connectivity index (χ1n) is 6.21. The number of rotatable bonds is 6. The number of hydrogen-bond acceptors (Lipinski definition) is 2. The Kier molecular flexibility index (Phi) is 4.65. The average Bonchev–Trinajstić information content (AvgIpc) is 2.86. The molecule has 18 heavy (non-hydrogen) atoms. The molecule has 0 aliphatic heterocycles. The number of nitrogens with one attached hydrogen (secondary N) is 1. The smallest absolute Gasteiger partial charge is 0.203 e. The quantitative estimate of drug-likeness (QED) is 0.812. The van der Waals surface area contributed by atoms with Gasteiger partial charge in [0.05, 0.1) is 0 Å². The summed E-state index contributed by atoms with van der Waals surface area (Å²) < 4.78 is 2.07. The molecule has 3 nitrogen and oxygen atoms in total. The largest absolute Gasteiger partial charge is 0.351 e. The van der Waals surface area contributed by atoms with Crippen LogP contribution in [0, 0.1) is 0 Å². The maximum absolute atomic E-state index is 6.03. The van der Waals surface area contributed by atoms with E-state index < -0.39 is 0 Å². The van der Waals surface area contributed by atoms with Gasteiger partial charge in [0.2, 0.25) is 5.95 Å². The second kappa shape index (κ2) is 6.45. The highest BCUT2D eigenvalue weighted by molar-refractivity contribution is 6.18. The van der Waals surface area contributed by atoms with E-state index in [4.69, 9.17) is 11.6 Å². The number of benzene rings is 1. The Hall–Kier alpha value is -1.48. The van der Waals surface area contributed by atoms with E-state index in [1.807, 2.05) is 24.4 Å². The lowest BCUT2D eigenvalue weighted by atomic mass is 10.1. The van der Waals surface area contributed by atoms with E-state index in [0.29, 0.717) is 5.88 Å². The van der Waals surface area contributed by atoms with Crippen LogP contribution in [-0.2, 0) is 13.0 Å². The SMILES string of the molecule is CCn1ccnc1NC(CCl)Cc1ccccc1. The van der Waals surface area contributed by atoms with Crippen molar-refractivity contribution in [2.45, 2.75) is 25.9 Å². The monoisotopic (exact) mass is 263 g/mol. The van der Waals surface area contributed by atoms with E-state index in [1.54, 1.807) is 6.20 Å². The van der Waals surface area contributed by atoms with Crippen LogP contribution in [0.2, 0.25) is 0 Å². The number of halogens is 1. The lowest BCUT2D eigenvalue weighted by Crippen LogP contribution is -2.26. The highest BCUT2D eigenvalue weighted by Gasteiger charge is 2.11. The number of hydrogen-bond donors (Lipinski definition) is 1. The van der Waals surface area contributed by atoms with Crippen molar-refractivity contribution in [2.24, 2.45) is 0 Å². The Morgan fingerprint density at radius 3 is 2.78 bits per heavy atom. The van der Waals surface area contributed by atoms with Crippen LogP contribution in [0.3, 0.4) is 0 Å². The summed E-state index contributed by atoms with van der Waals surface area (Å²) in [4.78, 5) is 4.31. The Balaban J connectivity index is 2.02. The number of alkyl halides is 1. The minimum Gasteiger partial charge on any atom is -0.351 e. The zero-order chi connectivity index (χ0) is 12.8. The molecule has 1 unspecified atom stereocenters. The van der Waals surface area contributed by atoms with Crippen molar-refractivity contribution in [3.63, 3.8) is 0 Å². The Bertz CT molecular complexity index is 467. The van der Waals surface area contributed by atoms with Crippen molar-refractivity contribution in [1.29, 1.82) is 0 Å². The molecule has 1 heterocycles. The minimum absolute atomic E-state index is 0.196. The van der Waals surface area contributed by atoms with Gasteiger partial charge < -0.3 is 9.88 Å². The van der Waals surface area contributed by atoms with Crippen molar-refractivity contribution in [3.05, 3.63) is 48.3 Å². The molecule has 0 bridgehead atoms. The molecule has 2 rings (SSSR count). The molecule has 0 spiro atoms. The third-order valence-corrected chi connectivity index (χ3v) is 3.27. The fraction of sp³-hybridized carbons (Fsp3) is 0.357. The molecule has 0 radical (unpaired) electrons. The summed E-state index contributed by atoms with van der Waals surface area (Å²) in [5.74, 6) is 1.45. The predicted molar refractivity (Wildman–Crippen MR) is 76.2 cm³/mol. The molecular formula is C14H18ClN3. The first-order valence-corrected chi connectivity index (χ1v) is 6.74. The molecule has 1 aromatic heterocycles. The van der Waals surface area contributed by atoms with Gasteiger partial charge in [0.15, 0.2) is 0 Å². The van der Waals surface area contributed by atoms with Crippen LogP contribution in [0.5, 0.6) is 0 Å². The molecule has 2 aromatic rings. The zero-order valence-electron chi connectivity index (χ0n) is 10.5. The number of anilines is 1. The van der Waals surface area contributed by atoms with Crippen LogP contribution in [0.15, 0.2) is 42.7 Å². The van der Waals surface area contributed by atoms with Gasteiger partial charge in [-0.3, -0.25) is 0 Å². The molecule has 96 valence electrons. The van der Waals surface area contributed by atoms with Crippen molar-refractivity contribution >= 4 is 17.5 Å². The molecule has 1 aromatic carbocycles. The van der Waals surface area contributed by atoms with Gasteiger partial charge in [0, 0.05) is 30.9 Å². The van der Waals surface area contributed by atoms with E-state index in [0.717, 1.165) is 18.9 Å². The maximum atomic E-state index is 6.03. The molecule has 0 aliphatic carbocycles.